The van der Waals surface area contributed by atoms with Gasteiger partial charge in [-0.25, -0.2) is 0 Å². The Morgan fingerprint density at radius 3 is 2.43 bits per heavy atom. The van der Waals surface area contributed by atoms with Crippen LogP contribution in [0.4, 0.5) is 0 Å². The Morgan fingerprint density at radius 2 is 1.93 bits per heavy atom. The molecule has 0 saturated heterocycles. The molecule has 1 aliphatic heterocycles. The number of nitrogens with zero attached hydrogens (tertiary/aromatic N) is 1. The SMILES string of the molecule is CC1(C)N=C(c2ccccc2)SC1S. The molecule has 1 aliphatic rings. The summed E-state index contributed by atoms with van der Waals surface area (Å²) in [6, 6.07) is 10.3. The molecule has 0 aromatic heterocycles. The summed E-state index contributed by atoms with van der Waals surface area (Å²) in [4.78, 5) is 4.67. The zero-order valence-electron chi connectivity index (χ0n) is 8.27. The second-order valence-electron chi connectivity index (χ2n) is 3.91. The molecule has 0 radical (unpaired) electrons. The van der Waals surface area contributed by atoms with Gasteiger partial charge >= 0.3 is 0 Å². The number of rotatable bonds is 1. The van der Waals surface area contributed by atoms with Crippen molar-refractivity contribution in [3.8, 4) is 0 Å². The maximum Gasteiger partial charge on any atom is 0.0995 e. The molecule has 0 saturated carbocycles. The van der Waals surface area contributed by atoms with Crippen molar-refractivity contribution < 1.29 is 0 Å². The highest BCUT2D eigenvalue weighted by molar-refractivity contribution is 8.22. The minimum absolute atomic E-state index is 0.0566. The van der Waals surface area contributed by atoms with E-state index in [1.54, 1.807) is 11.8 Å². The fourth-order valence-electron chi connectivity index (χ4n) is 1.31. The van der Waals surface area contributed by atoms with Crippen molar-refractivity contribution in [3.63, 3.8) is 0 Å². The fraction of sp³-hybridized carbons (Fsp3) is 0.364. The first kappa shape index (κ1) is 10.1. The van der Waals surface area contributed by atoms with Crippen LogP contribution < -0.4 is 0 Å². The number of thiol groups is 1. The van der Waals surface area contributed by atoms with Gasteiger partial charge in [-0.1, -0.05) is 42.1 Å². The van der Waals surface area contributed by atoms with Gasteiger partial charge in [0.05, 0.1) is 15.2 Å². The van der Waals surface area contributed by atoms with E-state index in [1.165, 1.54) is 5.56 Å². The Kier molecular flexibility index (Phi) is 2.62. The summed E-state index contributed by atoms with van der Waals surface area (Å²) in [6.07, 6.45) is 0. The zero-order valence-corrected chi connectivity index (χ0v) is 9.98. The van der Waals surface area contributed by atoms with Crippen LogP contribution in [-0.2, 0) is 0 Å². The molecule has 0 N–H and O–H groups in total. The third-order valence-corrected chi connectivity index (χ3v) is 4.54. The van der Waals surface area contributed by atoms with Crippen LogP contribution >= 0.6 is 24.4 Å². The summed E-state index contributed by atoms with van der Waals surface area (Å²) >= 11 is 6.27. The maximum atomic E-state index is 4.67. The first-order valence-corrected chi connectivity index (χ1v) is 5.99. The van der Waals surface area contributed by atoms with Crippen LogP contribution in [0.25, 0.3) is 0 Å². The average Bonchev–Trinajstić information content (AvgIpc) is 2.43. The molecule has 1 aromatic carbocycles. The minimum atomic E-state index is -0.0566. The van der Waals surface area contributed by atoms with Crippen molar-refractivity contribution in [1.82, 2.24) is 0 Å². The summed E-state index contributed by atoms with van der Waals surface area (Å²) in [5.74, 6) is 0. The van der Waals surface area contributed by atoms with Crippen LogP contribution in [0.5, 0.6) is 0 Å². The summed E-state index contributed by atoms with van der Waals surface area (Å²) in [7, 11) is 0. The molecule has 1 heterocycles. The van der Waals surface area contributed by atoms with E-state index in [0.717, 1.165) is 5.04 Å². The fourth-order valence-corrected chi connectivity index (χ4v) is 2.78. The highest BCUT2D eigenvalue weighted by Gasteiger charge is 2.34. The summed E-state index contributed by atoms with van der Waals surface area (Å²) < 4.78 is 0.262. The molecule has 0 fully saturated rings. The highest BCUT2D eigenvalue weighted by atomic mass is 32.2. The third-order valence-electron chi connectivity index (χ3n) is 2.24. The average molecular weight is 223 g/mol. The molecule has 0 aliphatic carbocycles. The molecule has 74 valence electrons. The van der Waals surface area contributed by atoms with Crippen molar-refractivity contribution in [2.45, 2.75) is 24.0 Å². The van der Waals surface area contributed by atoms with Gasteiger partial charge in [0.1, 0.15) is 0 Å². The first-order chi connectivity index (χ1) is 6.59. The predicted octanol–water partition coefficient (Wildman–Crippen LogP) is 3.21. The molecule has 2 rings (SSSR count). The van der Waals surface area contributed by atoms with Gasteiger partial charge in [-0.2, -0.15) is 12.6 Å². The molecule has 0 spiro atoms. The van der Waals surface area contributed by atoms with Gasteiger partial charge < -0.3 is 0 Å². The van der Waals surface area contributed by atoms with Crippen LogP contribution in [0.15, 0.2) is 35.3 Å². The molecule has 1 unspecified atom stereocenters. The van der Waals surface area contributed by atoms with E-state index in [4.69, 9.17) is 0 Å². The van der Waals surface area contributed by atoms with Gasteiger partial charge in [-0.05, 0) is 13.8 Å². The lowest BCUT2D eigenvalue weighted by Gasteiger charge is -2.17. The monoisotopic (exact) mass is 223 g/mol. The van der Waals surface area contributed by atoms with E-state index in [9.17, 15) is 0 Å². The van der Waals surface area contributed by atoms with Crippen molar-refractivity contribution in [2.24, 2.45) is 4.99 Å². The molecule has 3 heteroatoms. The minimum Gasteiger partial charge on any atom is -0.270 e. The van der Waals surface area contributed by atoms with E-state index in [2.05, 4.69) is 43.6 Å². The second kappa shape index (κ2) is 3.63. The predicted molar refractivity (Wildman–Crippen MR) is 67.4 cm³/mol. The quantitative estimate of drug-likeness (QED) is 0.721. The van der Waals surface area contributed by atoms with Crippen LogP contribution in [-0.4, -0.2) is 15.2 Å². The molecule has 1 atom stereocenters. The van der Waals surface area contributed by atoms with Crippen molar-refractivity contribution >= 4 is 29.4 Å². The van der Waals surface area contributed by atoms with E-state index >= 15 is 0 Å². The number of benzene rings is 1. The largest absolute Gasteiger partial charge is 0.270 e. The molecule has 0 amide bonds. The zero-order chi connectivity index (χ0) is 10.2. The van der Waals surface area contributed by atoms with E-state index in [-0.39, 0.29) is 10.1 Å². The van der Waals surface area contributed by atoms with Crippen LogP contribution in [0, 0.1) is 0 Å². The number of hydrogen-bond donors (Lipinski definition) is 1. The molecular weight excluding hydrogens is 210 g/mol. The Hall–Kier alpha value is -0.410. The Bertz CT molecular complexity index is 357. The maximum absolute atomic E-state index is 4.67. The molecule has 1 aromatic rings. The first-order valence-electron chi connectivity index (χ1n) is 4.59. The number of hydrogen-bond acceptors (Lipinski definition) is 3. The van der Waals surface area contributed by atoms with Gasteiger partial charge in [0.2, 0.25) is 0 Å². The Balaban J connectivity index is 2.32. The highest BCUT2D eigenvalue weighted by Crippen LogP contribution is 2.39. The molecule has 1 nitrogen and oxygen atoms in total. The van der Waals surface area contributed by atoms with Crippen LogP contribution in [0.1, 0.15) is 19.4 Å². The summed E-state index contributed by atoms with van der Waals surface area (Å²) in [5.41, 5.74) is 1.14. The van der Waals surface area contributed by atoms with E-state index in [0.29, 0.717) is 0 Å². The van der Waals surface area contributed by atoms with Gasteiger partial charge in [0.15, 0.2) is 0 Å². The van der Waals surface area contributed by atoms with Gasteiger partial charge in [0.25, 0.3) is 0 Å². The van der Waals surface area contributed by atoms with Gasteiger partial charge in [0, 0.05) is 5.56 Å². The van der Waals surface area contributed by atoms with Crippen LogP contribution in [0.2, 0.25) is 0 Å². The second-order valence-corrected chi connectivity index (χ2v) is 5.87. The topological polar surface area (TPSA) is 12.4 Å². The standard InChI is InChI=1S/C11H13NS2/c1-11(2)10(13)14-9(12-11)8-6-4-3-5-7-8/h3-7,10,13H,1-2H3. The summed E-state index contributed by atoms with van der Waals surface area (Å²) in [5, 5.41) is 1.11. The Morgan fingerprint density at radius 1 is 1.29 bits per heavy atom. The van der Waals surface area contributed by atoms with Crippen molar-refractivity contribution in [2.75, 3.05) is 0 Å². The lowest BCUT2D eigenvalue weighted by molar-refractivity contribution is 0.585. The lowest BCUT2D eigenvalue weighted by Crippen LogP contribution is -2.22. The van der Waals surface area contributed by atoms with Gasteiger partial charge in [-0.3, -0.25) is 4.99 Å². The van der Waals surface area contributed by atoms with E-state index in [1.807, 2.05) is 18.2 Å². The molecular formula is C11H13NS2. The lowest BCUT2D eigenvalue weighted by atomic mass is 10.1. The summed E-state index contributed by atoms with van der Waals surface area (Å²) in [6.45, 7) is 4.24. The molecule has 0 bridgehead atoms. The van der Waals surface area contributed by atoms with Gasteiger partial charge in [-0.15, -0.1) is 0 Å². The van der Waals surface area contributed by atoms with Crippen molar-refractivity contribution in [3.05, 3.63) is 35.9 Å². The number of thioether (sulfide) groups is 1. The van der Waals surface area contributed by atoms with Crippen LogP contribution in [0.3, 0.4) is 0 Å². The Labute approximate surface area is 94.4 Å². The molecule has 14 heavy (non-hydrogen) atoms. The normalized spacial score (nSPS) is 24.8. The third kappa shape index (κ3) is 1.84. The number of aliphatic imine (C=N–C) groups is 1. The van der Waals surface area contributed by atoms with E-state index < -0.39 is 0 Å². The van der Waals surface area contributed by atoms with Crippen molar-refractivity contribution in [1.29, 1.82) is 0 Å². The smallest absolute Gasteiger partial charge is 0.0995 e.